The van der Waals surface area contributed by atoms with Crippen LogP contribution < -0.4 is 11.5 Å². The van der Waals surface area contributed by atoms with Crippen LogP contribution in [-0.4, -0.2) is 38.9 Å². The summed E-state index contributed by atoms with van der Waals surface area (Å²) >= 11 is 0. The predicted molar refractivity (Wildman–Crippen MR) is 90.1 cm³/mol. The zero-order valence-electron chi connectivity index (χ0n) is 12.6. The highest BCUT2D eigenvalue weighted by molar-refractivity contribution is 7.87. The second kappa shape index (κ2) is 6.19. The van der Waals surface area contributed by atoms with Gasteiger partial charge in [0.2, 0.25) is 0 Å². The molecule has 0 amide bonds. The lowest BCUT2D eigenvalue weighted by Gasteiger charge is -2.12. The minimum atomic E-state index is -4.99. The highest BCUT2D eigenvalue weighted by Crippen LogP contribution is 2.34. The molecule has 0 aromatic heterocycles. The predicted octanol–water partition coefficient (Wildman–Crippen LogP) is 0.258. The molecule has 0 unspecified atom stereocenters. The maximum absolute atomic E-state index is 11.4. The van der Waals surface area contributed by atoms with Crippen molar-refractivity contribution in [1.29, 1.82) is 0 Å². The third-order valence-electron chi connectivity index (χ3n) is 3.28. The third-order valence-corrected chi connectivity index (χ3v) is 5.98. The zero-order valence-corrected chi connectivity index (χ0v) is 15.0. The number of hydrogen-bond acceptors (Lipinski definition) is 8. The SMILES string of the molecule is Nc1ccc(-c2cc(S(=O)(=O)O)c(N)c(S(=O)(=O)O)c2)cc1S(=O)(=O)O. The van der Waals surface area contributed by atoms with Crippen molar-refractivity contribution in [2.24, 2.45) is 0 Å². The van der Waals surface area contributed by atoms with E-state index in [0.29, 0.717) is 0 Å². The Morgan fingerprint density at radius 1 is 0.615 bits per heavy atom. The number of hydrogen-bond donors (Lipinski definition) is 5. The molecule has 2 rings (SSSR count). The van der Waals surface area contributed by atoms with Gasteiger partial charge in [0, 0.05) is 0 Å². The first-order chi connectivity index (χ1) is 11.6. The van der Waals surface area contributed by atoms with Crippen molar-refractivity contribution in [3.05, 3.63) is 30.3 Å². The number of anilines is 2. The van der Waals surface area contributed by atoms with Crippen molar-refractivity contribution in [3.8, 4) is 11.1 Å². The number of nitrogens with two attached hydrogens (primary N) is 2. The van der Waals surface area contributed by atoms with E-state index < -0.39 is 50.7 Å². The van der Waals surface area contributed by atoms with Crippen molar-refractivity contribution < 1.29 is 38.9 Å². The van der Waals surface area contributed by atoms with E-state index in [1.165, 1.54) is 6.07 Å². The van der Waals surface area contributed by atoms with E-state index in [2.05, 4.69) is 0 Å². The summed E-state index contributed by atoms with van der Waals surface area (Å²) in [5.74, 6) is 0. The molecule has 0 aliphatic carbocycles. The molecule has 11 nitrogen and oxygen atoms in total. The van der Waals surface area contributed by atoms with Crippen LogP contribution in [0.25, 0.3) is 11.1 Å². The van der Waals surface area contributed by atoms with Gasteiger partial charge in [-0.3, -0.25) is 13.7 Å². The first-order valence-corrected chi connectivity index (χ1v) is 10.7. The van der Waals surface area contributed by atoms with Gasteiger partial charge in [0.25, 0.3) is 30.4 Å². The van der Waals surface area contributed by atoms with Crippen molar-refractivity contribution in [2.45, 2.75) is 14.7 Å². The van der Waals surface area contributed by atoms with Crippen LogP contribution in [0.4, 0.5) is 11.4 Å². The molecule has 0 aliphatic rings. The molecular weight excluding hydrogens is 412 g/mol. The van der Waals surface area contributed by atoms with Crippen molar-refractivity contribution in [3.63, 3.8) is 0 Å². The van der Waals surface area contributed by atoms with Crippen LogP contribution in [0.2, 0.25) is 0 Å². The summed E-state index contributed by atoms with van der Waals surface area (Å²) in [4.78, 5) is -2.76. The zero-order chi connectivity index (χ0) is 20.1. The molecule has 0 atom stereocenters. The number of rotatable bonds is 4. The van der Waals surface area contributed by atoms with Crippen LogP contribution in [0.15, 0.2) is 45.0 Å². The summed E-state index contributed by atoms with van der Waals surface area (Å²) < 4.78 is 96.0. The highest BCUT2D eigenvalue weighted by atomic mass is 32.2. The topological polar surface area (TPSA) is 215 Å². The highest BCUT2D eigenvalue weighted by Gasteiger charge is 2.25. The fourth-order valence-electron chi connectivity index (χ4n) is 2.13. The monoisotopic (exact) mass is 424 g/mol. The van der Waals surface area contributed by atoms with Crippen molar-refractivity contribution in [2.75, 3.05) is 11.5 Å². The van der Waals surface area contributed by atoms with Gasteiger partial charge in [-0.15, -0.1) is 0 Å². The Balaban J connectivity index is 2.92. The Morgan fingerprint density at radius 2 is 1.00 bits per heavy atom. The molecule has 7 N–H and O–H groups in total. The van der Waals surface area contributed by atoms with Gasteiger partial charge in [-0.25, -0.2) is 0 Å². The second-order valence-corrected chi connectivity index (χ2v) is 9.23. The van der Waals surface area contributed by atoms with Gasteiger partial charge in [-0.2, -0.15) is 25.3 Å². The molecule has 0 spiro atoms. The maximum Gasteiger partial charge on any atom is 0.296 e. The molecule has 0 fully saturated rings. The van der Waals surface area contributed by atoms with E-state index in [0.717, 1.165) is 24.3 Å². The molecule has 0 saturated carbocycles. The largest absolute Gasteiger partial charge is 0.398 e. The van der Waals surface area contributed by atoms with Gasteiger partial charge in [-0.1, -0.05) is 6.07 Å². The lowest BCUT2D eigenvalue weighted by Crippen LogP contribution is -2.10. The van der Waals surface area contributed by atoms with E-state index in [-0.39, 0.29) is 16.8 Å². The Morgan fingerprint density at radius 3 is 1.38 bits per heavy atom. The lowest BCUT2D eigenvalue weighted by molar-refractivity contribution is 0.479. The minimum Gasteiger partial charge on any atom is -0.398 e. The summed E-state index contributed by atoms with van der Waals surface area (Å²) in [5.41, 5.74) is 9.25. The molecule has 0 radical (unpaired) electrons. The number of benzene rings is 2. The normalized spacial score (nSPS) is 12.9. The summed E-state index contributed by atoms with van der Waals surface area (Å²) in [6.45, 7) is 0. The summed E-state index contributed by atoms with van der Waals surface area (Å²) in [7, 11) is -14.7. The molecular formula is C12H12N2O9S3. The van der Waals surface area contributed by atoms with E-state index in [9.17, 15) is 34.4 Å². The Labute approximate surface area is 148 Å². The van der Waals surface area contributed by atoms with Gasteiger partial charge >= 0.3 is 0 Å². The van der Waals surface area contributed by atoms with Gasteiger partial charge in [0.1, 0.15) is 14.7 Å². The average Bonchev–Trinajstić information content (AvgIpc) is 2.44. The number of nitrogen functional groups attached to an aromatic ring is 2. The van der Waals surface area contributed by atoms with Crippen LogP contribution in [0, 0.1) is 0 Å². The Kier molecular flexibility index (Phi) is 4.78. The van der Waals surface area contributed by atoms with E-state index in [1.807, 2.05) is 0 Å². The van der Waals surface area contributed by atoms with Crippen LogP contribution in [-0.2, 0) is 30.4 Å². The van der Waals surface area contributed by atoms with Crippen LogP contribution >= 0.6 is 0 Å². The summed E-state index contributed by atoms with van der Waals surface area (Å²) in [6, 6.07) is 4.63. The molecule has 0 heterocycles. The molecule has 14 heteroatoms. The molecule has 26 heavy (non-hydrogen) atoms. The molecule has 2 aromatic carbocycles. The first-order valence-electron chi connectivity index (χ1n) is 6.38. The molecule has 0 aliphatic heterocycles. The smallest absolute Gasteiger partial charge is 0.296 e. The van der Waals surface area contributed by atoms with Crippen LogP contribution in [0.3, 0.4) is 0 Å². The quantitative estimate of drug-likeness (QED) is 0.331. The minimum absolute atomic E-state index is 0.0957. The van der Waals surface area contributed by atoms with Crippen molar-refractivity contribution in [1.82, 2.24) is 0 Å². The molecule has 0 saturated heterocycles. The fraction of sp³-hybridized carbons (Fsp3) is 0. The van der Waals surface area contributed by atoms with E-state index in [1.54, 1.807) is 0 Å². The van der Waals surface area contributed by atoms with Crippen LogP contribution in [0.5, 0.6) is 0 Å². The first kappa shape index (κ1) is 20.1. The summed E-state index contributed by atoms with van der Waals surface area (Å²) in [5, 5.41) is 0. The van der Waals surface area contributed by atoms with E-state index in [4.69, 9.17) is 16.0 Å². The fourth-order valence-corrected chi connectivity index (χ4v) is 4.17. The maximum atomic E-state index is 11.4. The third kappa shape index (κ3) is 3.95. The molecule has 0 bridgehead atoms. The van der Waals surface area contributed by atoms with Gasteiger partial charge in [0.05, 0.1) is 11.4 Å². The summed E-state index contributed by atoms with van der Waals surface area (Å²) in [6.07, 6.45) is 0. The van der Waals surface area contributed by atoms with Crippen molar-refractivity contribution >= 4 is 41.7 Å². The van der Waals surface area contributed by atoms with E-state index >= 15 is 0 Å². The molecule has 142 valence electrons. The standard InChI is InChI=1S/C12H12N2O9S3/c13-8-2-1-6(3-9(8)24(15,16)17)7-4-10(25(18,19)20)12(14)11(5-7)26(21,22)23/h1-5H,13-14H2,(H,15,16,17)(H,18,19,20)(H,21,22,23). The molecule has 2 aromatic rings. The average molecular weight is 424 g/mol. The Bertz CT molecular complexity index is 1160. The van der Waals surface area contributed by atoms with Crippen LogP contribution in [0.1, 0.15) is 0 Å². The van der Waals surface area contributed by atoms with Gasteiger partial charge in [0.15, 0.2) is 0 Å². The second-order valence-electron chi connectivity index (χ2n) is 5.06. The van der Waals surface area contributed by atoms with Gasteiger partial charge < -0.3 is 11.5 Å². The van der Waals surface area contributed by atoms with Gasteiger partial charge in [-0.05, 0) is 35.4 Å². The lowest BCUT2D eigenvalue weighted by atomic mass is 10.0. The Hall–Kier alpha value is -2.23.